The Morgan fingerprint density at radius 2 is 1.86 bits per heavy atom. The van der Waals surface area contributed by atoms with Crippen LogP contribution in [0.3, 0.4) is 0 Å². The Hall–Kier alpha value is -1.21. The standard InChI is InChI=1S/C15H26O6/c1-10(12(17)8-13(18)15(2,3)21)5-4-6-11(9-16)7-14(19)20/h5,7,12-13,16-18,21H,4,6,8-9H2,1-3H3,(H,19,20)/b10-5+,11-7+/t12-,13+/m1/s1. The molecule has 0 rings (SSSR count). The number of carboxylic acid groups (broad SMARTS) is 1. The summed E-state index contributed by atoms with van der Waals surface area (Å²) in [6, 6.07) is 0. The number of hydrogen-bond acceptors (Lipinski definition) is 5. The van der Waals surface area contributed by atoms with E-state index in [9.17, 15) is 20.1 Å². The summed E-state index contributed by atoms with van der Waals surface area (Å²) in [6.07, 6.45) is 1.64. The van der Waals surface area contributed by atoms with Crippen LogP contribution < -0.4 is 0 Å². The highest BCUT2D eigenvalue weighted by Gasteiger charge is 2.27. The van der Waals surface area contributed by atoms with Gasteiger partial charge in [0.05, 0.1) is 24.4 Å². The van der Waals surface area contributed by atoms with Crippen molar-refractivity contribution in [2.24, 2.45) is 0 Å². The minimum absolute atomic E-state index is 0.0175. The number of aliphatic hydroxyl groups is 4. The highest BCUT2D eigenvalue weighted by Crippen LogP contribution is 2.18. The second-order valence-electron chi connectivity index (χ2n) is 5.71. The minimum Gasteiger partial charge on any atom is -0.478 e. The second kappa shape index (κ2) is 8.94. The molecular weight excluding hydrogens is 276 g/mol. The molecule has 0 fully saturated rings. The lowest BCUT2D eigenvalue weighted by molar-refractivity contribution is -0.131. The van der Waals surface area contributed by atoms with Gasteiger partial charge in [-0.05, 0) is 44.8 Å². The van der Waals surface area contributed by atoms with E-state index in [-0.39, 0.29) is 13.0 Å². The summed E-state index contributed by atoms with van der Waals surface area (Å²) in [7, 11) is 0. The van der Waals surface area contributed by atoms with Gasteiger partial charge in [-0.2, -0.15) is 0 Å². The average Bonchev–Trinajstić information content (AvgIpc) is 2.35. The fourth-order valence-electron chi connectivity index (χ4n) is 1.68. The highest BCUT2D eigenvalue weighted by atomic mass is 16.4. The van der Waals surface area contributed by atoms with Gasteiger partial charge in [-0.3, -0.25) is 0 Å². The Morgan fingerprint density at radius 1 is 1.29 bits per heavy atom. The molecule has 0 aromatic rings. The monoisotopic (exact) mass is 302 g/mol. The number of rotatable bonds is 9. The van der Waals surface area contributed by atoms with E-state index in [0.717, 1.165) is 6.08 Å². The summed E-state index contributed by atoms with van der Waals surface area (Å²) >= 11 is 0. The molecule has 0 bridgehead atoms. The van der Waals surface area contributed by atoms with Crippen LogP contribution in [0.15, 0.2) is 23.3 Å². The zero-order valence-corrected chi connectivity index (χ0v) is 12.8. The van der Waals surface area contributed by atoms with E-state index >= 15 is 0 Å². The topological polar surface area (TPSA) is 118 Å². The molecule has 5 N–H and O–H groups in total. The summed E-state index contributed by atoms with van der Waals surface area (Å²) in [5, 5.41) is 46.8. The first kappa shape index (κ1) is 19.8. The van der Waals surface area contributed by atoms with Crippen LogP contribution in [0.25, 0.3) is 0 Å². The van der Waals surface area contributed by atoms with Crippen molar-refractivity contribution in [3.8, 4) is 0 Å². The third kappa shape index (κ3) is 8.62. The first-order chi connectivity index (χ1) is 9.57. The van der Waals surface area contributed by atoms with Crippen LogP contribution in [0.2, 0.25) is 0 Å². The van der Waals surface area contributed by atoms with Gasteiger partial charge in [-0.25, -0.2) is 4.79 Å². The summed E-state index contributed by atoms with van der Waals surface area (Å²) in [5.41, 5.74) is -0.251. The zero-order chi connectivity index (χ0) is 16.6. The van der Waals surface area contributed by atoms with Crippen molar-refractivity contribution >= 4 is 5.97 Å². The van der Waals surface area contributed by atoms with Crippen LogP contribution in [0, 0.1) is 0 Å². The number of carboxylic acids is 1. The molecule has 2 atom stereocenters. The Bertz CT molecular complexity index is 391. The van der Waals surface area contributed by atoms with Crippen LogP contribution in [0.4, 0.5) is 0 Å². The van der Waals surface area contributed by atoms with Gasteiger partial charge in [-0.15, -0.1) is 0 Å². The normalized spacial score (nSPS) is 16.7. The first-order valence-corrected chi connectivity index (χ1v) is 6.86. The third-order valence-corrected chi connectivity index (χ3v) is 3.25. The van der Waals surface area contributed by atoms with E-state index in [1.54, 1.807) is 13.0 Å². The Labute approximate surface area is 125 Å². The molecule has 0 heterocycles. The van der Waals surface area contributed by atoms with Gasteiger partial charge in [0, 0.05) is 12.5 Å². The second-order valence-corrected chi connectivity index (χ2v) is 5.71. The fourth-order valence-corrected chi connectivity index (χ4v) is 1.68. The lowest BCUT2D eigenvalue weighted by atomic mass is 9.93. The smallest absolute Gasteiger partial charge is 0.328 e. The van der Waals surface area contributed by atoms with Gasteiger partial charge in [-0.1, -0.05) is 6.08 Å². The van der Waals surface area contributed by atoms with Gasteiger partial charge in [0.1, 0.15) is 0 Å². The van der Waals surface area contributed by atoms with E-state index in [2.05, 4.69) is 0 Å². The largest absolute Gasteiger partial charge is 0.478 e. The van der Waals surface area contributed by atoms with Crippen LogP contribution in [0.1, 0.15) is 40.0 Å². The maximum absolute atomic E-state index is 10.5. The maximum atomic E-state index is 10.5. The van der Waals surface area contributed by atoms with Crippen molar-refractivity contribution in [1.29, 1.82) is 0 Å². The third-order valence-electron chi connectivity index (χ3n) is 3.25. The summed E-state index contributed by atoms with van der Waals surface area (Å²) in [5.74, 6) is -1.10. The van der Waals surface area contributed by atoms with Crippen molar-refractivity contribution in [3.05, 3.63) is 23.3 Å². The van der Waals surface area contributed by atoms with Gasteiger partial charge >= 0.3 is 5.97 Å². The molecule has 0 aliphatic carbocycles. The van der Waals surface area contributed by atoms with Gasteiger partial charge in [0.15, 0.2) is 0 Å². The van der Waals surface area contributed by atoms with Crippen LogP contribution in [0.5, 0.6) is 0 Å². The lowest BCUT2D eigenvalue weighted by Crippen LogP contribution is -2.38. The predicted octanol–water partition coefficient (Wildman–Crippen LogP) is 0.599. The van der Waals surface area contributed by atoms with E-state index in [0.29, 0.717) is 24.0 Å². The molecule has 0 amide bonds. The van der Waals surface area contributed by atoms with Crippen LogP contribution in [-0.4, -0.2) is 55.9 Å². The molecule has 0 saturated carbocycles. The number of allylic oxidation sites excluding steroid dienone is 1. The summed E-state index contributed by atoms with van der Waals surface area (Å²) in [4.78, 5) is 10.5. The molecule has 0 aliphatic rings. The number of aliphatic carboxylic acids is 1. The number of aliphatic hydroxyl groups excluding tert-OH is 3. The minimum atomic E-state index is -1.28. The number of carbonyl (C=O) groups is 1. The van der Waals surface area contributed by atoms with E-state index in [1.165, 1.54) is 13.8 Å². The van der Waals surface area contributed by atoms with Crippen molar-refractivity contribution in [1.82, 2.24) is 0 Å². The SMILES string of the molecule is C/C(=C\CC/C(=C\C(=O)O)CO)[C@H](O)C[C@H](O)C(C)(C)O. The van der Waals surface area contributed by atoms with Gasteiger partial charge < -0.3 is 25.5 Å². The molecular formula is C15H26O6. The molecule has 0 aromatic carbocycles. The molecule has 0 unspecified atom stereocenters. The Balaban J connectivity index is 4.45. The molecule has 0 spiro atoms. The molecule has 0 aliphatic heterocycles. The van der Waals surface area contributed by atoms with Crippen molar-refractivity contribution in [2.45, 2.75) is 57.8 Å². The molecule has 6 heteroatoms. The quantitative estimate of drug-likeness (QED) is 0.314. The molecule has 21 heavy (non-hydrogen) atoms. The van der Waals surface area contributed by atoms with Crippen LogP contribution >= 0.6 is 0 Å². The van der Waals surface area contributed by atoms with Gasteiger partial charge in [0.25, 0.3) is 0 Å². The van der Waals surface area contributed by atoms with E-state index in [1.807, 2.05) is 0 Å². The summed E-state index contributed by atoms with van der Waals surface area (Å²) in [6.45, 7) is 4.31. The summed E-state index contributed by atoms with van der Waals surface area (Å²) < 4.78 is 0. The Kier molecular flexibility index (Phi) is 8.43. The Morgan fingerprint density at radius 3 is 2.29 bits per heavy atom. The average molecular weight is 302 g/mol. The number of hydrogen-bond donors (Lipinski definition) is 5. The van der Waals surface area contributed by atoms with Crippen molar-refractivity contribution in [3.63, 3.8) is 0 Å². The fraction of sp³-hybridized carbons (Fsp3) is 0.667. The molecule has 6 nitrogen and oxygen atoms in total. The lowest BCUT2D eigenvalue weighted by Gasteiger charge is -2.26. The molecule has 122 valence electrons. The first-order valence-electron chi connectivity index (χ1n) is 6.86. The van der Waals surface area contributed by atoms with Crippen molar-refractivity contribution < 1.29 is 30.3 Å². The van der Waals surface area contributed by atoms with Crippen LogP contribution in [-0.2, 0) is 4.79 Å². The van der Waals surface area contributed by atoms with E-state index < -0.39 is 23.8 Å². The van der Waals surface area contributed by atoms with Gasteiger partial charge in [0.2, 0.25) is 0 Å². The van der Waals surface area contributed by atoms with E-state index in [4.69, 9.17) is 10.2 Å². The molecule has 0 saturated heterocycles. The predicted molar refractivity (Wildman–Crippen MR) is 78.7 cm³/mol. The maximum Gasteiger partial charge on any atom is 0.328 e. The zero-order valence-electron chi connectivity index (χ0n) is 12.8. The van der Waals surface area contributed by atoms with Crippen molar-refractivity contribution in [2.75, 3.05) is 6.61 Å². The molecule has 0 radical (unpaired) electrons. The highest BCUT2D eigenvalue weighted by molar-refractivity contribution is 5.80. The molecule has 0 aromatic heterocycles.